The first-order valence-electron chi connectivity index (χ1n) is 4.70. The quantitative estimate of drug-likeness (QED) is 0.695. The van der Waals surface area contributed by atoms with Gasteiger partial charge in [-0.2, -0.15) is 5.26 Å². The number of rotatable bonds is 6. The van der Waals surface area contributed by atoms with Gasteiger partial charge in [0, 0.05) is 13.0 Å². The Labute approximate surface area is 94.3 Å². The Balaban J connectivity index is 2.56. The number of hydrogen-bond acceptors (Lipinski definition) is 5. The average Bonchev–Trinajstić information content (AvgIpc) is 2.74. The van der Waals surface area contributed by atoms with E-state index in [0.717, 1.165) is 0 Å². The van der Waals surface area contributed by atoms with Gasteiger partial charge >= 0.3 is 0 Å². The van der Waals surface area contributed by atoms with Crippen LogP contribution < -0.4 is 10.0 Å². The third-order valence-corrected chi connectivity index (χ3v) is 3.17. The van der Waals surface area contributed by atoms with E-state index in [1.807, 2.05) is 6.07 Å². The average molecular weight is 243 g/mol. The lowest BCUT2D eigenvalue weighted by Gasteiger charge is -1.99. The lowest BCUT2D eigenvalue weighted by molar-refractivity contribution is 0.401. The van der Waals surface area contributed by atoms with Crippen molar-refractivity contribution in [2.45, 2.75) is 18.1 Å². The second-order valence-electron chi connectivity index (χ2n) is 3.01. The molecule has 0 aromatic carbocycles. The minimum atomic E-state index is -3.51. The van der Waals surface area contributed by atoms with Gasteiger partial charge in [-0.05, 0) is 19.2 Å². The van der Waals surface area contributed by atoms with Gasteiger partial charge < -0.3 is 9.73 Å². The Morgan fingerprint density at radius 2 is 2.25 bits per heavy atom. The molecule has 1 rings (SSSR count). The van der Waals surface area contributed by atoms with Crippen LogP contribution in [0.4, 0.5) is 0 Å². The van der Waals surface area contributed by atoms with Crippen LogP contribution >= 0.6 is 0 Å². The predicted octanol–water partition coefficient (Wildman–Crippen LogP) is 0.191. The molecule has 7 heteroatoms. The van der Waals surface area contributed by atoms with Crippen molar-refractivity contribution < 1.29 is 12.8 Å². The summed E-state index contributed by atoms with van der Waals surface area (Å²) in [4.78, 5) is 0. The number of nitrogens with zero attached hydrogens (tertiary/aromatic N) is 1. The van der Waals surface area contributed by atoms with Gasteiger partial charge in [-0.25, -0.2) is 13.1 Å². The van der Waals surface area contributed by atoms with Gasteiger partial charge in [-0.3, -0.25) is 0 Å². The Morgan fingerprint density at radius 3 is 2.88 bits per heavy atom. The molecule has 0 radical (unpaired) electrons. The van der Waals surface area contributed by atoms with Crippen LogP contribution in [0, 0.1) is 11.3 Å². The molecule has 0 aliphatic rings. The monoisotopic (exact) mass is 243 g/mol. The van der Waals surface area contributed by atoms with Crippen LogP contribution in [0.2, 0.25) is 0 Å². The molecule has 2 N–H and O–H groups in total. The van der Waals surface area contributed by atoms with Crippen molar-refractivity contribution in [3.8, 4) is 6.07 Å². The summed E-state index contributed by atoms with van der Waals surface area (Å²) >= 11 is 0. The first kappa shape index (κ1) is 12.7. The number of nitriles is 1. The van der Waals surface area contributed by atoms with Crippen molar-refractivity contribution >= 4 is 10.0 Å². The van der Waals surface area contributed by atoms with Crippen LogP contribution in [-0.4, -0.2) is 22.0 Å². The van der Waals surface area contributed by atoms with Crippen LogP contribution in [-0.2, 0) is 16.6 Å². The van der Waals surface area contributed by atoms with E-state index >= 15 is 0 Å². The lowest BCUT2D eigenvalue weighted by atomic mass is 10.4. The van der Waals surface area contributed by atoms with Crippen molar-refractivity contribution in [3.05, 3.63) is 17.9 Å². The predicted molar refractivity (Wildman–Crippen MR) is 56.9 cm³/mol. The highest BCUT2D eigenvalue weighted by Gasteiger charge is 2.15. The van der Waals surface area contributed by atoms with E-state index in [1.165, 1.54) is 13.1 Å². The normalized spacial score (nSPS) is 11.2. The molecule has 0 amide bonds. The van der Waals surface area contributed by atoms with Crippen LogP contribution in [0.25, 0.3) is 0 Å². The zero-order valence-electron chi connectivity index (χ0n) is 8.86. The summed E-state index contributed by atoms with van der Waals surface area (Å²) in [5.41, 5.74) is 0. The van der Waals surface area contributed by atoms with Gasteiger partial charge in [0.25, 0.3) is 10.0 Å². The van der Waals surface area contributed by atoms with Gasteiger partial charge in [-0.1, -0.05) is 0 Å². The number of sulfonamides is 1. The molecule has 0 unspecified atom stereocenters. The topological polar surface area (TPSA) is 95.1 Å². The van der Waals surface area contributed by atoms with Crippen molar-refractivity contribution in [2.75, 3.05) is 13.6 Å². The van der Waals surface area contributed by atoms with E-state index in [9.17, 15) is 8.42 Å². The molecule has 1 heterocycles. The Bertz CT molecular complexity index is 472. The molecule has 0 bridgehead atoms. The first-order chi connectivity index (χ1) is 7.60. The molecule has 0 spiro atoms. The smallest absolute Gasteiger partial charge is 0.273 e. The van der Waals surface area contributed by atoms with E-state index in [0.29, 0.717) is 25.3 Å². The van der Waals surface area contributed by atoms with E-state index in [4.69, 9.17) is 9.68 Å². The SMILES string of the molecule is CNS(=O)(=O)c1ccc(CNCCC#N)o1. The lowest BCUT2D eigenvalue weighted by Crippen LogP contribution is -2.18. The molecule has 0 fully saturated rings. The number of hydrogen-bond donors (Lipinski definition) is 2. The maximum Gasteiger partial charge on any atom is 0.273 e. The molecular weight excluding hydrogens is 230 g/mol. The van der Waals surface area contributed by atoms with Crippen molar-refractivity contribution in [3.63, 3.8) is 0 Å². The highest BCUT2D eigenvalue weighted by molar-refractivity contribution is 7.89. The van der Waals surface area contributed by atoms with E-state index in [2.05, 4.69) is 10.0 Å². The third-order valence-electron chi connectivity index (χ3n) is 1.88. The highest BCUT2D eigenvalue weighted by Crippen LogP contribution is 2.12. The van der Waals surface area contributed by atoms with Crippen molar-refractivity contribution in [1.82, 2.24) is 10.0 Å². The summed E-state index contributed by atoms with van der Waals surface area (Å²) in [6.07, 6.45) is 0.405. The second-order valence-corrected chi connectivity index (χ2v) is 4.83. The maximum absolute atomic E-state index is 11.3. The molecular formula is C9H13N3O3S. The fourth-order valence-electron chi connectivity index (χ4n) is 1.05. The van der Waals surface area contributed by atoms with Crippen LogP contribution in [0.5, 0.6) is 0 Å². The van der Waals surface area contributed by atoms with Gasteiger partial charge in [0.15, 0.2) is 0 Å². The molecule has 0 aliphatic heterocycles. The highest BCUT2D eigenvalue weighted by atomic mass is 32.2. The molecule has 16 heavy (non-hydrogen) atoms. The minimum Gasteiger partial charge on any atom is -0.447 e. The van der Waals surface area contributed by atoms with Crippen LogP contribution in [0.3, 0.4) is 0 Å². The molecule has 1 aromatic heterocycles. The zero-order chi connectivity index (χ0) is 12.0. The molecule has 1 aromatic rings. The molecule has 0 saturated carbocycles. The van der Waals surface area contributed by atoms with Crippen LogP contribution in [0.1, 0.15) is 12.2 Å². The maximum atomic E-state index is 11.3. The van der Waals surface area contributed by atoms with Crippen LogP contribution in [0.15, 0.2) is 21.6 Å². The Kier molecular flexibility index (Phi) is 4.49. The number of nitrogens with one attached hydrogen (secondary N) is 2. The molecule has 88 valence electrons. The number of furan rings is 1. The molecule has 0 atom stereocenters. The summed E-state index contributed by atoms with van der Waals surface area (Å²) in [6.45, 7) is 0.951. The summed E-state index contributed by atoms with van der Waals surface area (Å²) < 4.78 is 29.9. The van der Waals surface area contributed by atoms with Gasteiger partial charge in [0.2, 0.25) is 5.09 Å². The summed E-state index contributed by atoms with van der Waals surface area (Å²) in [5.74, 6) is 0.520. The third kappa shape index (κ3) is 3.34. The van der Waals surface area contributed by atoms with E-state index < -0.39 is 10.0 Å². The van der Waals surface area contributed by atoms with Crippen molar-refractivity contribution in [1.29, 1.82) is 5.26 Å². The standard InChI is InChI=1S/C9H13N3O3S/c1-11-16(13,14)9-4-3-8(15-9)7-12-6-2-5-10/h3-4,11-12H,2,6-7H2,1H3. The second kappa shape index (κ2) is 5.65. The minimum absolute atomic E-state index is 0.105. The summed E-state index contributed by atoms with van der Waals surface area (Å²) in [7, 11) is -2.19. The molecule has 0 aliphatic carbocycles. The van der Waals surface area contributed by atoms with Gasteiger partial charge in [-0.15, -0.1) is 0 Å². The van der Waals surface area contributed by atoms with Gasteiger partial charge in [0.05, 0.1) is 12.6 Å². The Morgan fingerprint density at radius 1 is 1.50 bits per heavy atom. The fraction of sp³-hybridized carbons (Fsp3) is 0.444. The largest absolute Gasteiger partial charge is 0.447 e. The van der Waals surface area contributed by atoms with Crippen molar-refractivity contribution in [2.24, 2.45) is 0 Å². The summed E-state index contributed by atoms with van der Waals surface area (Å²) in [5, 5.41) is 11.2. The molecule has 6 nitrogen and oxygen atoms in total. The summed E-state index contributed by atoms with van der Waals surface area (Å²) in [6, 6.07) is 4.98. The Hall–Kier alpha value is -1.36. The molecule has 0 saturated heterocycles. The van der Waals surface area contributed by atoms with E-state index in [1.54, 1.807) is 6.07 Å². The van der Waals surface area contributed by atoms with E-state index in [-0.39, 0.29) is 5.09 Å². The first-order valence-corrected chi connectivity index (χ1v) is 6.18. The van der Waals surface area contributed by atoms with Gasteiger partial charge in [0.1, 0.15) is 5.76 Å². The zero-order valence-corrected chi connectivity index (χ0v) is 9.67. The fourth-order valence-corrected chi connectivity index (χ4v) is 1.72.